The summed E-state index contributed by atoms with van der Waals surface area (Å²) in [6, 6.07) is 11.9. The van der Waals surface area contributed by atoms with Crippen LogP contribution in [0, 0.1) is 10.1 Å². The molecular weight excluding hydrogens is 534 g/mol. The summed E-state index contributed by atoms with van der Waals surface area (Å²) in [5.41, 5.74) is 0.700. The largest absolute Gasteiger partial charge is 0.507 e. The third-order valence-corrected chi connectivity index (χ3v) is 6.84. The normalized spacial score (nSPS) is 18.5. The predicted molar refractivity (Wildman–Crippen MR) is 146 cm³/mol. The number of benzene rings is 2. The van der Waals surface area contributed by atoms with Gasteiger partial charge in [-0.05, 0) is 38.8 Å². The van der Waals surface area contributed by atoms with Crippen molar-refractivity contribution >= 4 is 23.5 Å². The first-order valence-electron chi connectivity index (χ1n) is 13.1. The maximum absolute atomic E-state index is 13.4. The molecule has 216 valence electrons. The first kappa shape index (κ1) is 29.3. The minimum absolute atomic E-state index is 0.000923. The Kier molecular flexibility index (Phi) is 9.35. The molecule has 0 saturated carbocycles. The molecule has 1 amide bonds. The Bertz CT molecular complexity index is 1410. The van der Waals surface area contributed by atoms with E-state index in [1.807, 2.05) is 0 Å². The van der Waals surface area contributed by atoms with Gasteiger partial charge in [0.2, 0.25) is 0 Å². The number of aromatic hydroxyl groups is 1. The number of rotatable bonds is 10. The smallest absolute Gasteiger partial charge is 0.336 e. The van der Waals surface area contributed by atoms with Gasteiger partial charge in [0.25, 0.3) is 11.6 Å². The van der Waals surface area contributed by atoms with Gasteiger partial charge in [-0.15, -0.1) is 0 Å². The average Bonchev–Trinajstić information content (AvgIpc) is 3.47. The van der Waals surface area contributed by atoms with E-state index in [9.17, 15) is 29.6 Å². The van der Waals surface area contributed by atoms with Crippen LogP contribution >= 0.6 is 0 Å². The van der Waals surface area contributed by atoms with Gasteiger partial charge in [0.05, 0.1) is 40.2 Å². The van der Waals surface area contributed by atoms with Crippen LogP contribution in [0.2, 0.25) is 0 Å². The second kappa shape index (κ2) is 13.1. The molecule has 0 spiro atoms. The standard InChI is InChI=1S/C29H31N3O9/c1-17-24(28(35)40-15-13-30-27(34)21-10-4-6-12-23(21)33)26(20-9-3-5-11-22(20)32(37)38)25(18(2)31-17)29(36)41-16-19-8-7-14-39-19/h3-6,9-12,19,26,31,33H,7-8,13-16H2,1-2H3,(H,30,34)/t19-,26-/m0/s1. The number of ether oxygens (including phenoxy) is 3. The Hall–Kier alpha value is -4.71. The van der Waals surface area contributed by atoms with Crippen molar-refractivity contribution in [2.45, 2.75) is 38.7 Å². The number of phenols is 1. The number of carbonyl (C=O) groups excluding carboxylic acids is 3. The molecule has 0 aromatic heterocycles. The van der Waals surface area contributed by atoms with Gasteiger partial charge >= 0.3 is 11.9 Å². The van der Waals surface area contributed by atoms with E-state index in [-0.39, 0.29) is 59.6 Å². The molecule has 12 nitrogen and oxygen atoms in total. The SMILES string of the molecule is CC1=C(C(=O)OCCNC(=O)c2ccccc2O)[C@H](c2ccccc2[N+](=O)[O-])C(C(=O)OC[C@@H]2CCCO2)=C(C)N1. The topological polar surface area (TPSA) is 166 Å². The van der Waals surface area contributed by atoms with E-state index in [2.05, 4.69) is 10.6 Å². The maximum Gasteiger partial charge on any atom is 0.336 e. The van der Waals surface area contributed by atoms with Crippen molar-refractivity contribution in [3.63, 3.8) is 0 Å². The van der Waals surface area contributed by atoms with E-state index in [1.165, 1.54) is 30.3 Å². The molecule has 3 N–H and O–H groups in total. The van der Waals surface area contributed by atoms with Crippen LogP contribution in [-0.4, -0.2) is 60.3 Å². The molecule has 2 aromatic rings. The molecule has 1 fully saturated rings. The van der Waals surface area contributed by atoms with Crippen molar-refractivity contribution in [1.82, 2.24) is 10.6 Å². The van der Waals surface area contributed by atoms with E-state index in [0.717, 1.165) is 12.8 Å². The summed E-state index contributed by atoms with van der Waals surface area (Å²) in [7, 11) is 0. The number of esters is 2. The molecule has 12 heteroatoms. The number of phenolic OH excluding ortho intramolecular Hbond substituents is 1. The second-order valence-corrected chi connectivity index (χ2v) is 9.59. The van der Waals surface area contributed by atoms with Gasteiger partial charge in [0.15, 0.2) is 0 Å². The Morgan fingerprint density at radius 3 is 2.37 bits per heavy atom. The predicted octanol–water partition coefficient (Wildman–Crippen LogP) is 3.23. The molecule has 0 radical (unpaired) electrons. The number of nitrogens with one attached hydrogen (secondary N) is 2. The number of hydrogen-bond acceptors (Lipinski definition) is 10. The number of nitrogens with zero attached hydrogens (tertiary/aromatic N) is 1. The van der Waals surface area contributed by atoms with Gasteiger partial charge in [-0.3, -0.25) is 14.9 Å². The van der Waals surface area contributed by atoms with Gasteiger partial charge in [-0.1, -0.05) is 30.3 Å². The van der Waals surface area contributed by atoms with Crippen molar-refractivity contribution in [3.05, 3.63) is 92.3 Å². The third kappa shape index (κ3) is 6.72. The monoisotopic (exact) mass is 565 g/mol. The van der Waals surface area contributed by atoms with E-state index < -0.39 is 28.7 Å². The van der Waals surface area contributed by atoms with Crippen LogP contribution in [0.5, 0.6) is 5.75 Å². The molecular formula is C29H31N3O9. The van der Waals surface area contributed by atoms with Gasteiger partial charge in [-0.25, -0.2) is 9.59 Å². The zero-order valence-corrected chi connectivity index (χ0v) is 22.7. The lowest BCUT2D eigenvalue weighted by molar-refractivity contribution is -0.385. The number of para-hydroxylation sites is 2. The highest BCUT2D eigenvalue weighted by atomic mass is 16.6. The van der Waals surface area contributed by atoms with Crippen LogP contribution in [0.4, 0.5) is 5.69 Å². The Morgan fingerprint density at radius 2 is 1.71 bits per heavy atom. The summed E-state index contributed by atoms with van der Waals surface area (Å²) in [5, 5.41) is 27.4. The van der Waals surface area contributed by atoms with E-state index in [4.69, 9.17) is 14.2 Å². The van der Waals surface area contributed by atoms with Crippen molar-refractivity contribution in [1.29, 1.82) is 0 Å². The minimum Gasteiger partial charge on any atom is -0.507 e. The Balaban J connectivity index is 1.56. The van der Waals surface area contributed by atoms with Gasteiger partial charge in [0.1, 0.15) is 19.0 Å². The molecule has 0 aliphatic carbocycles. The number of nitro groups is 1. The zero-order valence-electron chi connectivity index (χ0n) is 22.7. The second-order valence-electron chi connectivity index (χ2n) is 9.59. The lowest BCUT2D eigenvalue weighted by Gasteiger charge is -2.30. The van der Waals surface area contributed by atoms with E-state index in [1.54, 1.807) is 32.0 Å². The average molecular weight is 566 g/mol. The molecule has 41 heavy (non-hydrogen) atoms. The fraction of sp³-hybridized carbons (Fsp3) is 0.345. The Labute approximate surface area is 236 Å². The molecule has 2 aliphatic heterocycles. The lowest BCUT2D eigenvalue weighted by Crippen LogP contribution is -2.34. The van der Waals surface area contributed by atoms with Gasteiger partial charge < -0.3 is 30.0 Å². The minimum atomic E-state index is -1.15. The number of hydrogen-bond donors (Lipinski definition) is 3. The summed E-state index contributed by atoms with van der Waals surface area (Å²) in [5.74, 6) is -3.46. The lowest BCUT2D eigenvalue weighted by atomic mass is 9.79. The van der Waals surface area contributed by atoms with Crippen LogP contribution in [-0.2, 0) is 23.8 Å². The summed E-state index contributed by atoms with van der Waals surface area (Å²) in [4.78, 5) is 50.6. The van der Waals surface area contributed by atoms with Crippen molar-refractivity contribution < 1.29 is 38.6 Å². The van der Waals surface area contributed by atoms with Crippen molar-refractivity contribution in [2.75, 3.05) is 26.4 Å². The summed E-state index contributed by atoms with van der Waals surface area (Å²) in [6.45, 7) is 3.52. The molecule has 1 saturated heterocycles. The van der Waals surface area contributed by atoms with E-state index >= 15 is 0 Å². The summed E-state index contributed by atoms with van der Waals surface area (Å²) < 4.78 is 16.5. The summed E-state index contributed by atoms with van der Waals surface area (Å²) in [6.07, 6.45) is 1.36. The van der Waals surface area contributed by atoms with Crippen molar-refractivity contribution in [2.24, 2.45) is 0 Å². The van der Waals surface area contributed by atoms with E-state index in [0.29, 0.717) is 18.0 Å². The molecule has 0 bridgehead atoms. The third-order valence-electron chi connectivity index (χ3n) is 6.84. The van der Waals surface area contributed by atoms with Crippen LogP contribution in [0.25, 0.3) is 0 Å². The van der Waals surface area contributed by atoms with Crippen LogP contribution < -0.4 is 10.6 Å². The molecule has 2 atom stereocenters. The first-order chi connectivity index (χ1) is 19.7. The zero-order chi connectivity index (χ0) is 29.5. The fourth-order valence-electron chi connectivity index (χ4n) is 4.91. The van der Waals surface area contributed by atoms with Gasteiger partial charge in [0, 0.05) is 29.6 Å². The molecule has 2 aliphatic rings. The highest BCUT2D eigenvalue weighted by Crippen LogP contribution is 2.42. The molecule has 0 unspecified atom stereocenters. The highest BCUT2D eigenvalue weighted by molar-refractivity contribution is 6.00. The number of dihydropyridines is 1. The van der Waals surface area contributed by atoms with Crippen molar-refractivity contribution in [3.8, 4) is 5.75 Å². The number of allylic oxidation sites excluding steroid dienone is 2. The number of amides is 1. The number of nitro benzene ring substituents is 1. The molecule has 2 heterocycles. The van der Waals surface area contributed by atoms with Crippen LogP contribution in [0.3, 0.4) is 0 Å². The quantitative estimate of drug-likeness (QED) is 0.168. The highest BCUT2D eigenvalue weighted by Gasteiger charge is 2.41. The van der Waals surface area contributed by atoms with Crippen LogP contribution in [0.1, 0.15) is 48.5 Å². The first-order valence-corrected chi connectivity index (χ1v) is 13.1. The Morgan fingerprint density at radius 1 is 1.05 bits per heavy atom. The number of carbonyl (C=O) groups is 3. The molecule has 4 rings (SSSR count). The molecule has 2 aromatic carbocycles. The van der Waals surface area contributed by atoms with Crippen LogP contribution in [0.15, 0.2) is 71.1 Å². The summed E-state index contributed by atoms with van der Waals surface area (Å²) >= 11 is 0. The maximum atomic E-state index is 13.4. The fourth-order valence-corrected chi connectivity index (χ4v) is 4.91. The van der Waals surface area contributed by atoms with Gasteiger partial charge in [-0.2, -0.15) is 0 Å².